The fourth-order valence-electron chi connectivity index (χ4n) is 1.03. The van der Waals surface area contributed by atoms with E-state index in [1.165, 1.54) is 0 Å². The van der Waals surface area contributed by atoms with Crippen molar-refractivity contribution in [3.8, 4) is 0 Å². The molecule has 0 aromatic heterocycles. The predicted octanol–water partition coefficient (Wildman–Crippen LogP) is 0.627. The van der Waals surface area contributed by atoms with Crippen LogP contribution in [-0.4, -0.2) is 52.1 Å². The quantitative estimate of drug-likeness (QED) is 0.557. The van der Waals surface area contributed by atoms with Gasteiger partial charge in [0.1, 0.15) is 0 Å². The maximum Gasteiger partial charge on any atom is 0.0599 e. The first-order valence-corrected chi connectivity index (χ1v) is 5.60. The molecule has 4 nitrogen and oxygen atoms in total. The zero-order valence-electron chi connectivity index (χ0n) is 10.6. The van der Waals surface area contributed by atoms with Gasteiger partial charge in [-0.15, -0.1) is 0 Å². The van der Waals surface area contributed by atoms with E-state index in [9.17, 15) is 0 Å². The Morgan fingerprint density at radius 1 is 0.867 bits per heavy atom. The van der Waals surface area contributed by atoms with E-state index in [4.69, 9.17) is 9.47 Å². The topological polar surface area (TPSA) is 42.5 Å². The summed E-state index contributed by atoms with van der Waals surface area (Å²) in [6.45, 7) is 11.5. The molecule has 0 aromatic rings. The molecule has 0 saturated heterocycles. The SMILES string of the molecule is COCCNCCNCCOC(C)(C)C. The molecule has 15 heavy (non-hydrogen) atoms. The van der Waals surface area contributed by atoms with Crippen LogP contribution in [0.4, 0.5) is 0 Å². The van der Waals surface area contributed by atoms with Gasteiger partial charge < -0.3 is 20.1 Å². The van der Waals surface area contributed by atoms with Crippen molar-refractivity contribution in [1.82, 2.24) is 10.6 Å². The number of rotatable bonds is 9. The minimum atomic E-state index is -0.0294. The Bertz CT molecular complexity index is 135. The molecule has 0 atom stereocenters. The molecule has 0 fully saturated rings. The first-order chi connectivity index (χ1) is 7.06. The lowest BCUT2D eigenvalue weighted by Gasteiger charge is -2.19. The van der Waals surface area contributed by atoms with Gasteiger partial charge in [-0.05, 0) is 20.8 Å². The minimum Gasteiger partial charge on any atom is -0.383 e. The molecule has 0 bridgehead atoms. The lowest BCUT2D eigenvalue weighted by molar-refractivity contribution is -0.000708. The summed E-state index contributed by atoms with van der Waals surface area (Å²) in [6, 6.07) is 0. The third-order valence-corrected chi connectivity index (χ3v) is 1.78. The van der Waals surface area contributed by atoms with Gasteiger partial charge in [-0.3, -0.25) is 0 Å². The fraction of sp³-hybridized carbons (Fsp3) is 1.00. The second-order valence-corrected chi connectivity index (χ2v) is 4.45. The molecule has 0 spiro atoms. The summed E-state index contributed by atoms with van der Waals surface area (Å²) in [6.07, 6.45) is 0. The van der Waals surface area contributed by atoms with Gasteiger partial charge in [-0.1, -0.05) is 0 Å². The molecule has 92 valence electrons. The number of methoxy groups -OCH3 is 1. The zero-order chi connectivity index (χ0) is 11.6. The number of ether oxygens (including phenoxy) is 2. The van der Waals surface area contributed by atoms with Crippen molar-refractivity contribution in [2.45, 2.75) is 26.4 Å². The van der Waals surface area contributed by atoms with Crippen LogP contribution in [0.5, 0.6) is 0 Å². The van der Waals surface area contributed by atoms with Crippen molar-refractivity contribution in [3.05, 3.63) is 0 Å². The van der Waals surface area contributed by atoms with E-state index in [0.29, 0.717) is 0 Å². The summed E-state index contributed by atoms with van der Waals surface area (Å²) in [5, 5.41) is 6.57. The molecule has 0 aliphatic carbocycles. The van der Waals surface area contributed by atoms with Crippen LogP contribution < -0.4 is 10.6 Å². The highest BCUT2D eigenvalue weighted by Crippen LogP contribution is 2.04. The van der Waals surface area contributed by atoms with Gasteiger partial charge in [-0.2, -0.15) is 0 Å². The Hall–Kier alpha value is -0.160. The average Bonchev–Trinajstić information content (AvgIpc) is 2.14. The third-order valence-electron chi connectivity index (χ3n) is 1.78. The molecule has 0 aliphatic rings. The van der Waals surface area contributed by atoms with E-state index in [0.717, 1.165) is 39.4 Å². The molecule has 0 aromatic carbocycles. The molecule has 0 heterocycles. The fourth-order valence-corrected chi connectivity index (χ4v) is 1.03. The lowest BCUT2D eigenvalue weighted by atomic mass is 10.2. The molecule has 0 unspecified atom stereocenters. The van der Waals surface area contributed by atoms with Crippen molar-refractivity contribution >= 4 is 0 Å². The van der Waals surface area contributed by atoms with Crippen LogP contribution in [0.15, 0.2) is 0 Å². The molecule has 0 aliphatic heterocycles. The van der Waals surface area contributed by atoms with Gasteiger partial charge in [-0.25, -0.2) is 0 Å². The van der Waals surface area contributed by atoms with E-state index >= 15 is 0 Å². The van der Waals surface area contributed by atoms with Crippen molar-refractivity contribution < 1.29 is 9.47 Å². The number of hydrogen-bond acceptors (Lipinski definition) is 4. The zero-order valence-corrected chi connectivity index (χ0v) is 10.6. The third kappa shape index (κ3) is 13.8. The predicted molar refractivity (Wildman–Crippen MR) is 63.3 cm³/mol. The second kappa shape index (κ2) is 9.09. The van der Waals surface area contributed by atoms with E-state index < -0.39 is 0 Å². The molecule has 0 saturated carbocycles. The Kier molecular flexibility index (Phi) is 9.00. The summed E-state index contributed by atoms with van der Waals surface area (Å²) in [7, 11) is 1.71. The molecular weight excluding hydrogens is 192 g/mol. The van der Waals surface area contributed by atoms with Crippen LogP contribution in [0.1, 0.15) is 20.8 Å². The Labute approximate surface area is 93.7 Å². The first-order valence-electron chi connectivity index (χ1n) is 5.60. The average molecular weight is 218 g/mol. The summed E-state index contributed by atoms with van der Waals surface area (Å²) in [4.78, 5) is 0. The van der Waals surface area contributed by atoms with Gasteiger partial charge in [0.05, 0.1) is 18.8 Å². The molecular formula is C11H26N2O2. The summed E-state index contributed by atoms with van der Waals surface area (Å²) >= 11 is 0. The van der Waals surface area contributed by atoms with Gasteiger partial charge in [0, 0.05) is 33.3 Å². The standard InChI is InChI=1S/C11H26N2O2/c1-11(2,3)15-10-8-13-6-5-12-7-9-14-4/h12-13H,5-10H2,1-4H3. The normalized spacial score (nSPS) is 12.0. The summed E-state index contributed by atoms with van der Waals surface area (Å²) in [5.41, 5.74) is -0.0294. The maximum absolute atomic E-state index is 5.57. The second-order valence-electron chi connectivity index (χ2n) is 4.45. The van der Waals surface area contributed by atoms with Crippen molar-refractivity contribution in [2.75, 3.05) is 46.5 Å². The monoisotopic (exact) mass is 218 g/mol. The van der Waals surface area contributed by atoms with E-state index in [-0.39, 0.29) is 5.60 Å². The van der Waals surface area contributed by atoms with E-state index in [1.807, 2.05) is 0 Å². The van der Waals surface area contributed by atoms with Crippen molar-refractivity contribution in [3.63, 3.8) is 0 Å². The van der Waals surface area contributed by atoms with Crippen LogP contribution in [0.2, 0.25) is 0 Å². The minimum absolute atomic E-state index is 0.0294. The summed E-state index contributed by atoms with van der Waals surface area (Å²) in [5.74, 6) is 0. The van der Waals surface area contributed by atoms with Crippen LogP contribution in [0.25, 0.3) is 0 Å². The van der Waals surface area contributed by atoms with E-state index in [2.05, 4.69) is 31.4 Å². The molecule has 2 N–H and O–H groups in total. The largest absolute Gasteiger partial charge is 0.383 e. The molecule has 0 rings (SSSR count). The van der Waals surface area contributed by atoms with Crippen molar-refractivity contribution in [1.29, 1.82) is 0 Å². The first kappa shape index (κ1) is 14.8. The van der Waals surface area contributed by atoms with Crippen LogP contribution in [0, 0.1) is 0 Å². The van der Waals surface area contributed by atoms with Crippen LogP contribution >= 0.6 is 0 Å². The maximum atomic E-state index is 5.57. The Morgan fingerprint density at radius 2 is 1.40 bits per heavy atom. The summed E-state index contributed by atoms with van der Waals surface area (Å²) < 4.78 is 10.5. The Balaban J connectivity index is 2.99. The van der Waals surface area contributed by atoms with Gasteiger partial charge >= 0.3 is 0 Å². The highest BCUT2D eigenvalue weighted by atomic mass is 16.5. The Morgan fingerprint density at radius 3 is 1.87 bits per heavy atom. The van der Waals surface area contributed by atoms with Crippen LogP contribution in [0.3, 0.4) is 0 Å². The van der Waals surface area contributed by atoms with E-state index in [1.54, 1.807) is 7.11 Å². The number of nitrogens with one attached hydrogen (secondary N) is 2. The van der Waals surface area contributed by atoms with Gasteiger partial charge in [0.25, 0.3) is 0 Å². The number of hydrogen-bond donors (Lipinski definition) is 2. The smallest absolute Gasteiger partial charge is 0.0599 e. The molecule has 0 radical (unpaired) electrons. The highest BCUT2D eigenvalue weighted by Gasteiger charge is 2.08. The van der Waals surface area contributed by atoms with Gasteiger partial charge in [0.2, 0.25) is 0 Å². The lowest BCUT2D eigenvalue weighted by Crippen LogP contribution is -2.32. The molecule has 0 amide bonds. The van der Waals surface area contributed by atoms with Gasteiger partial charge in [0.15, 0.2) is 0 Å². The van der Waals surface area contributed by atoms with Crippen LogP contribution in [-0.2, 0) is 9.47 Å². The molecule has 4 heteroatoms. The van der Waals surface area contributed by atoms with Crippen molar-refractivity contribution in [2.24, 2.45) is 0 Å². The highest BCUT2D eigenvalue weighted by molar-refractivity contribution is 4.59.